The van der Waals surface area contributed by atoms with Crippen molar-refractivity contribution < 1.29 is 22.7 Å². The molecule has 0 aromatic carbocycles. The predicted molar refractivity (Wildman–Crippen MR) is 38.4 cm³/mol. The molecule has 0 spiro atoms. The molecule has 0 unspecified atom stereocenters. The largest absolute Gasteiger partial charge is 0.451 e. The second-order valence-electron chi connectivity index (χ2n) is 2.28. The van der Waals surface area contributed by atoms with Crippen molar-refractivity contribution in [2.24, 2.45) is 0 Å². The Kier molecular flexibility index (Phi) is 3.00. The van der Waals surface area contributed by atoms with Crippen LogP contribution in [0.1, 0.15) is 10.5 Å². The molecule has 0 saturated carbocycles. The fraction of sp³-hybridized carbons (Fsp3) is 0.286. The molecule has 1 aromatic rings. The smallest absolute Gasteiger partial charge is 0.422 e. The quantitative estimate of drug-likeness (QED) is 0.682. The van der Waals surface area contributed by atoms with E-state index in [4.69, 9.17) is 0 Å². The van der Waals surface area contributed by atoms with Gasteiger partial charge in [-0.05, 0) is 0 Å². The maximum absolute atomic E-state index is 11.6. The van der Waals surface area contributed by atoms with Gasteiger partial charge in [0.2, 0.25) is 0 Å². The second kappa shape index (κ2) is 4.03. The number of nitrogens with zero attached hydrogens (tertiary/aromatic N) is 2. The number of rotatable bonds is 2. The molecule has 4 nitrogen and oxygen atoms in total. The van der Waals surface area contributed by atoms with Gasteiger partial charge in [-0.1, -0.05) is 0 Å². The number of halogens is 3. The summed E-state index contributed by atoms with van der Waals surface area (Å²) in [6.45, 7) is -1.62. The summed E-state index contributed by atoms with van der Waals surface area (Å²) in [7, 11) is 0. The highest BCUT2D eigenvalue weighted by Gasteiger charge is 2.30. The van der Waals surface area contributed by atoms with Gasteiger partial charge < -0.3 is 4.74 Å². The van der Waals surface area contributed by atoms with Crippen LogP contribution >= 0.6 is 0 Å². The first-order valence-corrected chi connectivity index (χ1v) is 3.49. The Labute approximate surface area is 76.7 Å². The molecule has 0 amide bonds. The second-order valence-corrected chi connectivity index (χ2v) is 2.28. The Bertz CT molecular complexity index is 312. The number of carbonyl (C=O) groups is 1. The Hall–Kier alpha value is -1.66. The molecule has 1 rings (SSSR count). The van der Waals surface area contributed by atoms with Gasteiger partial charge in [-0.15, -0.1) is 0 Å². The van der Waals surface area contributed by atoms with E-state index >= 15 is 0 Å². The van der Waals surface area contributed by atoms with Crippen LogP contribution in [0.25, 0.3) is 0 Å². The molecule has 0 saturated heterocycles. The van der Waals surface area contributed by atoms with Gasteiger partial charge in [-0.3, -0.25) is 4.98 Å². The SMILES string of the molecule is O=C(OCC(F)(F)F)c1cnccn1. The van der Waals surface area contributed by atoms with E-state index in [1.165, 1.54) is 12.4 Å². The van der Waals surface area contributed by atoms with Crippen LogP contribution in [0.3, 0.4) is 0 Å². The lowest BCUT2D eigenvalue weighted by Crippen LogP contribution is -2.20. The average molecular weight is 206 g/mol. The highest BCUT2D eigenvalue weighted by molar-refractivity contribution is 5.86. The molecular weight excluding hydrogens is 201 g/mol. The van der Waals surface area contributed by atoms with Crippen molar-refractivity contribution in [3.8, 4) is 0 Å². The fourth-order valence-electron chi connectivity index (χ4n) is 0.626. The maximum Gasteiger partial charge on any atom is 0.422 e. The number of hydrogen-bond donors (Lipinski definition) is 0. The van der Waals surface area contributed by atoms with E-state index in [-0.39, 0.29) is 5.69 Å². The Balaban J connectivity index is 2.52. The molecule has 14 heavy (non-hydrogen) atoms. The third-order valence-corrected chi connectivity index (χ3v) is 1.14. The number of alkyl halides is 3. The van der Waals surface area contributed by atoms with E-state index in [1.54, 1.807) is 0 Å². The van der Waals surface area contributed by atoms with E-state index in [2.05, 4.69) is 14.7 Å². The summed E-state index contributed by atoms with van der Waals surface area (Å²) in [6.07, 6.45) is -1.03. The summed E-state index contributed by atoms with van der Waals surface area (Å²) in [6, 6.07) is 0. The molecular formula is C7H5F3N2O2. The number of hydrogen-bond acceptors (Lipinski definition) is 4. The highest BCUT2D eigenvalue weighted by Crippen LogP contribution is 2.15. The summed E-state index contributed by atoms with van der Waals surface area (Å²) < 4.78 is 38.8. The number of ether oxygens (including phenoxy) is 1. The Morgan fingerprint density at radius 1 is 1.43 bits per heavy atom. The maximum atomic E-state index is 11.6. The van der Waals surface area contributed by atoms with Crippen molar-refractivity contribution in [1.82, 2.24) is 9.97 Å². The van der Waals surface area contributed by atoms with Gasteiger partial charge in [-0.2, -0.15) is 13.2 Å². The molecule has 0 fully saturated rings. The summed E-state index contributed by atoms with van der Waals surface area (Å²) in [5.41, 5.74) is -0.253. The van der Waals surface area contributed by atoms with E-state index in [1.807, 2.05) is 0 Å². The summed E-state index contributed by atoms with van der Waals surface area (Å²) in [4.78, 5) is 17.8. The highest BCUT2D eigenvalue weighted by atomic mass is 19.4. The minimum absolute atomic E-state index is 0.253. The molecule has 0 aliphatic carbocycles. The summed E-state index contributed by atoms with van der Waals surface area (Å²) in [5, 5.41) is 0. The van der Waals surface area contributed by atoms with E-state index in [0.29, 0.717) is 0 Å². The van der Waals surface area contributed by atoms with Crippen molar-refractivity contribution in [2.75, 3.05) is 6.61 Å². The van der Waals surface area contributed by atoms with Crippen LogP contribution in [-0.2, 0) is 4.74 Å². The lowest BCUT2D eigenvalue weighted by Gasteiger charge is -2.06. The van der Waals surface area contributed by atoms with Crippen molar-refractivity contribution >= 4 is 5.97 Å². The normalized spacial score (nSPS) is 11.1. The topological polar surface area (TPSA) is 52.1 Å². The Morgan fingerprint density at radius 2 is 2.14 bits per heavy atom. The molecule has 7 heteroatoms. The van der Waals surface area contributed by atoms with Crippen molar-refractivity contribution in [3.63, 3.8) is 0 Å². The number of aromatic nitrogens is 2. The Morgan fingerprint density at radius 3 is 2.64 bits per heavy atom. The van der Waals surface area contributed by atoms with Crippen LogP contribution in [0, 0.1) is 0 Å². The molecule has 0 bridgehead atoms. The van der Waals surface area contributed by atoms with Gasteiger partial charge in [-0.25, -0.2) is 9.78 Å². The summed E-state index contributed by atoms with van der Waals surface area (Å²) >= 11 is 0. The van der Waals surface area contributed by atoms with E-state index in [0.717, 1.165) is 6.20 Å². The summed E-state index contributed by atoms with van der Waals surface area (Å²) in [5.74, 6) is -1.14. The molecule has 1 aromatic heterocycles. The lowest BCUT2D eigenvalue weighted by molar-refractivity contribution is -0.161. The third kappa shape index (κ3) is 3.38. The average Bonchev–Trinajstić information content (AvgIpc) is 2.14. The third-order valence-electron chi connectivity index (χ3n) is 1.14. The zero-order valence-corrected chi connectivity index (χ0v) is 6.78. The van der Waals surface area contributed by atoms with Crippen molar-refractivity contribution in [3.05, 3.63) is 24.3 Å². The molecule has 0 aliphatic rings. The van der Waals surface area contributed by atoms with Crippen LogP contribution in [-0.4, -0.2) is 28.7 Å². The fourth-order valence-corrected chi connectivity index (χ4v) is 0.626. The van der Waals surface area contributed by atoms with Crippen LogP contribution in [0.5, 0.6) is 0 Å². The van der Waals surface area contributed by atoms with Crippen molar-refractivity contribution in [2.45, 2.75) is 6.18 Å². The lowest BCUT2D eigenvalue weighted by atomic mass is 10.4. The van der Waals surface area contributed by atoms with Gasteiger partial charge in [0.05, 0.1) is 6.20 Å². The number of carbonyl (C=O) groups excluding carboxylic acids is 1. The molecule has 76 valence electrons. The van der Waals surface area contributed by atoms with Gasteiger partial charge in [0.25, 0.3) is 0 Å². The van der Waals surface area contributed by atoms with Crippen LogP contribution in [0.2, 0.25) is 0 Å². The van der Waals surface area contributed by atoms with E-state index in [9.17, 15) is 18.0 Å². The van der Waals surface area contributed by atoms with Gasteiger partial charge >= 0.3 is 12.1 Å². The first-order valence-electron chi connectivity index (χ1n) is 3.49. The van der Waals surface area contributed by atoms with Gasteiger partial charge in [0.1, 0.15) is 0 Å². The monoisotopic (exact) mass is 206 g/mol. The van der Waals surface area contributed by atoms with Crippen molar-refractivity contribution in [1.29, 1.82) is 0 Å². The van der Waals surface area contributed by atoms with Gasteiger partial charge in [0.15, 0.2) is 12.3 Å². The van der Waals surface area contributed by atoms with Crippen LogP contribution in [0.4, 0.5) is 13.2 Å². The minimum Gasteiger partial charge on any atom is -0.451 e. The zero-order chi connectivity index (χ0) is 10.6. The molecule has 0 atom stereocenters. The van der Waals surface area contributed by atoms with Crippen LogP contribution < -0.4 is 0 Å². The standard InChI is InChI=1S/C7H5F3N2O2/c8-7(9,10)4-14-6(13)5-3-11-1-2-12-5/h1-3H,4H2. The zero-order valence-electron chi connectivity index (χ0n) is 6.78. The molecule has 0 N–H and O–H groups in total. The predicted octanol–water partition coefficient (Wildman–Crippen LogP) is 1.20. The molecule has 1 heterocycles. The molecule has 0 aliphatic heterocycles. The van der Waals surface area contributed by atoms with E-state index < -0.39 is 18.8 Å². The minimum atomic E-state index is -4.53. The first-order chi connectivity index (χ1) is 6.49. The van der Waals surface area contributed by atoms with Gasteiger partial charge in [0, 0.05) is 12.4 Å². The first kappa shape index (κ1) is 10.4. The number of esters is 1. The molecule has 0 radical (unpaired) electrons. The van der Waals surface area contributed by atoms with Crippen LogP contribution in [0.15, 0.2) is 18.6 Å².